The fraction of sp³-hybridized carbons (Fsp3) is 0.516. The smallest absolute Gasteiger partial charge is 0.257 e. The quantitative estimate of drug-likeness (QED) is 0.155. The molecule has 1 N–H and O–H groups in total. The van der Waals surface area contributed by atoms with Crippen molar-refractivity contribution >= 4 is 22.4 Å². The van der Waals surface area contributed by atoms with Crippen LogP contribution in [-0.2, 0) is 0 Å². The Labute approximate surface area is 232 Å². The number of unbranched alkanes of at least 4 members (excludes halogenated alkanes) is 10. The molecule has 0 spiro atoms. The fourth-order valence-electron chi connectivity index (χ4n) is 4.10. The van der Waals surface area contributed by atoms with E-state index in [2.05, 4.69) is 29.4 Å². The second kappa shape index (κ2) is 17.6. The number of aromatic nitrogens is 2. The van der Waals surface area contributed by atoms with Gasteiger partial charge >= 0.3 is 0 Å². The van der Waals surface area contributed by atoms with Gasteiger partial charge in [-0.25, -0.2) is 0 Å². The monoisotopic (exact) mass is 537 g/mol. The first kappa shape index (κ1) is 29.6. The van der Waals surface area contributed by atoms with Crippen LogP contribution in [0.1, 0.15) is 101 Å². The first-order chi connectivity index (χ1) is 18.7. The van der Waals surface area contributed by atoms with Crippen molar-refractivity contribution in [1.29, 1.82) is 0 Å². The highest BCUT2D eigenvalue weighted by Crippen LogP contribution is 2.28. The van der Waals surface area contributed by atoms with Gasteiger partial charge in [-0.15, -0.1) is 10.2 Å². The zero-order chi connectivity index (χ0) is 26.8. The zero-order valence-electron chi connectivity index (χ0n) is 23.0. The van der Waals surface area contributed by atoms with Gasteiger partial charge in [-0.3, -0.25) is 10.1 Å². The Balaban J connectivity index is 1.39. The van der Waals surface area contributed by atoms with E-state index in [1.807, 2.05) is 36.4 Å². The van der Waals surface area contributed by atoms with Crippen molar-refractivity contribution in [1.82, 2.24) is 10.2 Å². The van der Waals surface area contributed by atoms with Crippen LogP contribution in [0.15, 0.2) is 48.5 Å². The molecule has 1 amide bonds. The first-order valence-corrected chi connectivity index (χ1v) is 15.1. The first-order valence-electron chi connectivity index (χ1n) is 14.3. The second-order valence-electron chi connectivity index (χ2n) is 9.65. The van der Waals surface area contributed by atoms with Crippen LogP contribution in [0.25, 0.3) is 10.6 Å². The van der Waals surface area contributed by atoms with Gasteiger partial charge in [-0.05, 0) is 61.4 Å². The molecule has 0 saturated carbocycles. The van der Waals surface area contributed by atoms with Crippen LogP contribution < -0.4 is 14.8 Å². The van der Waals surface area contributed by atoms with Crippen LogP contribution in [0.3, 0.4) is 0 Å². The van der Waals surface area contributed by atoms with Gasteiger partial charge < -0.3 is 9.47 Å². The van der Waals surface area contributed by atoms with E-state index in [1.165, 1.54) is 75.5 Å². The number of carbonyl (C=O) groups is 1. The van der Waals surface area contributed by atoms with E-state index in [1.54, 1.807) is 12.1 Å². The van der Waals surface area contributed by atoms with Crippen LogP contribution in [0.4, 0.5) is 5.13 Å². The molecule has 0 saturated heterocycles. The summed E-state index contributed by atoms with van der Waals surface area (Å²) in [6.45, 7) is 5.91. The average molecular weight is 538 g/mol. The lowest BCUT2D eigenvalue weighted by Crippen LogP contribution is -2.11. The second-order valence-corrected chi connectivity index (χ2v) is 10.6. The minimum absolute atomic E-state index is 0.214. The van der Waals surface area contributed by atoms with Crippen molar-refractivity contribution in [3.05, 3.63) is 54.1 Å². The van der Waals surface area contributed by atoms with E-state index in [9.17, 15) is 4.79 Å². The molecule has 38 heavy (non-hydrogen) atoms. The van der Waals surface area contributed by atoms with Crippen molar-refractivity contribution in [3.63, 3.8) is 0 Å². The molecule has 0 aliphatic rings. The molecule has 0 atom stereocenters. The molecule has 1 aromatic heterocycles. The molecule has 0 aliphatic carbocycles. The zero-order valence-corrected chi connectivity index (χ0v) is 23.9. The van der Waals surface area contributed by atoms with Gasteiger partial charge in [0, 0.05) is 11.1 Å². The molecule has 7 heteroatoms. The molecule has 0 aliphatic heterocycles. The minimum atomic E-state index is -0.214. The Morgan fingerprint density at radius 3 is 1.74 bits per heavy atom. The van der Waals surface area contributed by atoms with E-state index in [-0.39, 0.29) is 5.91 Å². The van der Waals surface area contributed by atoms with Gasteiger partial charge in [-0.1, -0.05) is 89.4 Å². The van der Waals surface area contributed by atoms with Crippen molar-refractivity contribution in [2.75, 3.05) is 18.5 Å². The number of nitrogens with one attached hydrogen (secondary N) is 1. The van der Waals surface area contributed by atoms with E-state index in [0.29, 0.717) is 17.3 Å². The third kappa shape index (κ3) is 10.8. The van der Waals surface area contributed by atoms with Crippen molar-refractivity contribution in [2.24, 2.45) is 0 Å². The summed E-state index contributed by atoms with van der Waals surface area (Å²) >= 11 is 1.35. The summed E-state index contributed by atoms with van der Waals surface area (Å²) in [7, 11) is 0. The SMILES string of the molecule is CCCCCCCCOc1ccc(C(=O)Nc2nnc(-c3ccc(OCCCCCCCC)cc3)s2)cc1. The van der Waals surface area contributed by atoms with Gasteiger partial charge in [0.05, 0.1) is 13.2 Å². The molecule has 2 aromatic carbocycles. The Morgan fingerprint density at radius 2 is 1.18 bits per heavy atom. The summed E-state index contributed by atoms with van der Waals surface area (Å²) < 4.78 is 11.7. The number of amides is 1. The molecule has 0 fully saturated rings. The van der Waals surface area contributed by atoms with Crippen LogP contribution in [-0.4, -0.2) is 29.3 Å². The van der Waals surface area contributed by atoms with Crippen LogP contribution in [0.2, 0.25) is 0 Å². The number of rotatable bonds is 19. The molecule has 3 rings (SSSR count). The molecule has 0 radical (unpaired) electrons. The Bertz CT molecular complexity index is 1050. The van der Waals surface area contributed by atoms with Crippen molar-refractivity contribution in [3.8, 4) is 22.1 Å². The standard InChI is InChI=1S/C31H43N3O3S/c1-3-5-7-9-11-13-23-36-27-19-15-25(16-20-27)29(35)32-31-34-33-30(38-31)26-17-21-28(22-18-26)37-24-14-12-10-8-6-4-2/h15-22H,3-14,23-24H2,1-2H3,(H,32,34,35). The number of carbonyl (C=O) groups excluding carboxylic acids is 1. The topological polar surface area (TPSA) is 73.3 Å². The summed E-state index contributed by atoms with van der Waals surface area (Å²) in [6, 6.07) is 15.1. The lowest BCUT2D eigenvalue weighted by molar-refractivity contribution is 0.102. The largest absolute Gasteiger partial charge is 0.494 e. The van der Waals surface area contributed by atoms with Gasteiger partial charge in [0.2, 0.25) is 5.13 Å². The minimum Gasteiger partial charge on any atom is -0.494 e. The molecular formula is C31H43N3O3S. The fourth-order valence-corrected chi connectivity index (χ4v) is 4.84. The Kier molecular flexibility index (Phi) is 13.7. The highest BCUT2D eigenvalue weighted by Gasteiger charge is 2.12. The summed E-state index contributed by atoms with van der Waals surface area (Å²) in [5, 5.41) is 12.5. The van der Waals surface area contributed by atoms with E-state index >= 15 is 0 Å². The van der Waals surface area contributed by atoms with Gasteiger partial charge in [0.15, 0.2) is 0 Å². The highest BCUT2D eigenvalue weighted by atomic mass is 32.1. The van der Waals surface area contributed by atoms with Gasteiger partial charge in [0.1, 0.15) is 16.5 Å². The maximum Gasteiger partial charge on any atom is 0.257 e. The third-order valence-corrected chi connectivity index (χ3v) is 7.28. The summed E-state index contributed by atoms with van der Waals surface area (Å²) in [5.74, 6) is 1.43. The molecule has 3 aromatic rings. The molecule has 1 heterocycles. The lowest BCUT2D eigenvalue weighted by atomic mass is 10.1. The summed E-state index contributed by atoms with van der Waals surface area (Å²) in [4.78, 5) is 12.7. The normalized spacial score (nSPS) is 10.9. The average Bonchev–Trinajstić information content (AvgIpc) is 3.41. The van der Waals surface area contributed by atoms with E-state index in [4.69, 9.17) is 9.47 Å². The van der Waals surface area contributed by atoms with Crippen LogP contribution in [0, 0.1) is 0 Å². The van der Waals surface area contributed by atoms with Gasteiger partial charge in [-0.2, -0.15) is 0 Å². The molecule has 0 unspecified atom stereocenters. The summed E-state index contributed by atoms with van der Waals surface area (Å²) in [5.41, 5.74) is 1.50. The summed E-state index contributed by atoms with van der Waals surface area (Å²) in [6.07, 6.45) is 14.9. The number of ether oxygens (including phenoxy) is 2. The van der Waals surface area contributed by atoms with Crippen LogP contribution >= 0.6 is 11.3 Å². The number of hydrogen-bond donors (Lipinski definition) is 1. The van der Waals surface area contributed by atoms with E-state index in [0.717, 1.165) is 41.5 Å². The maximum absolute atomic E-state index is 12.7. The Morgan fingerprint density at radius 1 is 0.684 bits per heavy atom. The highest BCUT2D eigenvalue weighted by molar-refractivity contribution is 7.18. The predicted molar refractivity (Wildman–Crippen MR) is 157 cm³/mol. The maximum atomic E-state index is 12.7. The number of nitrogens with zero attached hydrogens (tertiary/aromatic N) is 2. The number of benzene rings is 2. The molecule has 206 valence electrons. The predicted octanol–water partition coefficient (Wildman–Crippen LogP) is 8.94. The number of anilines is 1. The van der Waals surface area contributed by atoms with Crippen molar-refractivity contribution in [2.45, 2.75) is 90.9 Å². The lowest BCUT2D eigenvalue weighted by Gasteiger charge is -2.07. The van der Waals surface area contributed by atoms with Gasteiger partial charge in [0.25, 0.3) is 5.91 Å². The number of hydrogen-bond acceptors (Lipinski definition) is 6. The van der Waals surface area contributed by atoms with Crippen LogP contribution in [0.5, 0.6) is 11.5 Å². The third-order valence-electron chi connectivity index (χ3n) is 6.40. The molecule has 0 bridgehead atoms. The molecule has 6 nitrogen and oxygen atoms in total. The molecular weight excluding hydrogens is 494 g/mol. The Hall–Kier alpha value is -2.93. The van der Waals surface area contributed by atoms with Crippen molar-refractivity contribution < 1.29 is 14.3 Å². The van der Waals surface area contributed by atoms with E-state index < -0.39 is 0 Å².